The van der Waals surface area contributed by atoms with Gasteiger partial charge in [0.2, 0.25) is 0 Å². The molecule has 0 spiro atoms. The van der Waals surface area contributed by atoms with Crippen LogP contribution in [0.3, 0.4) is 0 Å². The van der Waals surface area contributed by atoms with E-state index in [1.807, 2.05) is 6.92 Å². The van der Waals surface area contributed by atoms with Crippen molar-refractivity contribution in [1.29, 1.82) is 0 Å². The molecule has 1 unspecified atom stereocenters. The number of hydrogen-bond acceptors (Lipinski definition) is 2. The van der Waals surface area contributed by atoms with E-state index in [-0.39, 0.29) is 0 Å². The van der Waals surface area contributed by atoms with Crippen molar-refractivity contribution in [2.45, 2.75) is 19.1 Å². The summed E-state index contributed by atoms with van der Waals surface area (Å²) in [6.07, 6.45) is -3.16. The third-order valence-corrected chi connectivity index (χ3v) is 3.19. The van der Waals surface area contributed by atoms with E-state index in [2.05, 4.69) is 10.4 Å². The number of aromatic nitrogens is 2. The topological polar surface area (TPSA) is 29.9 Å². The standard InChI is InChI=1S/C14H15F4N3/c1-3-19-13(12-6-7-20-21(12)2)9-4-5-11(15)10(8-9)14(16,17)18/h4-8,13,19H,3H2,1-2H3. The fraction of sp³-hybridized carbons (Fsp3) is 0.357. The van der Waals surface area contributed by atoms with E-state index in [0.717, 1.165) is 12.1 Å². The molecule has 0 amide bonds. The highest BCUT2D eigenvalue weighted by Crippen LogP contribution is 2.34. The molecule has 1 aromatic heterocycles. The summed E-state index contributed by atoms with van der Waals surface area (Å²) >= 11 is 0. The lowest BCUT2D eigenvalue weighted by molar-refractivity contribution is -0.140. The van der Waals surface area contributed by atoms with Crippen LogP contribution in [-0.4, -0.2) is 16.3 Å². The fourth-order valence-electron chi connectivity index (χ4n) is 2.20. The molecule has 0 aliphatic heterocycles. The molecule has 0 fully saturated rings. The van der Waals surface area contributed by atoms with Crippen molar-refractivity contribution >= 4 is 0 Å². The van der Waals surface area contributed by atoms with Gasteiger partial charge in [-0.2, -0.15) is 18.3 Å². The highest BCUT2D eigenvalue weighted by Gasteiger charge is 2.35. The Bertz CT molecular complexity index is 619. The average Bonchev–Trinajstić information content (AvgIpc) is 2.82. The molecular weight excluding hydrogens is 286 g/mol. The van der Waals surface area contributed by atoms with Crippen molar-refractivity contribution in [1.82, 2.24) is 15.1 Å². The van der Waals surface area contributed by atoms with Crippen LogP contribution in [0.5, 0.6) is 0 Å². The Labute approximate surface area is 119 Å². The smallest absolute Gasteiger partial charge is 0.305 e. The fourth-order valence-corrected chi connectivity index (χ4v) is 2.20. The Morgan fingerprint density at radius 3 is 2.52 bits per heavy atom. The molecule has 1 atom stereocenters. The molecule has 0 aliphatic carbocycles. The number of halogens is 4. The van der Waals surface area contributed by atoms with Gasteiger partial charge in [0.1, 0.15) is 5.82 Å². The van der Waals surface area contributed by atoms with E-state index in [0.29, 0.717) is 17.8 Å². The largest absolute Gasteiger partial charge is 0.419 e. The van der Waals surface area contributed by atoms with Crippen molar-refractivity contribution in [3.63, 3.8) is 0 Å². The van der Waals surface area contributed by atoms with Gasteiger partial charge in [-0.1, -0.05) is 13.0 Å². The predicted molar refractivity (Wildman–Crippen MR) is 70.1 cm³/mol. The van der Waals surface area contributed by atoms with Gasteiger partial charge < -0.3 is 5.32 Å². The van der Waals surface area contributed by atoms with Gasteiger partial charge in [-0.15, -0.1) is 0 Å². The van der Waals surface area contributed by atoms with Crippen LogP contribution in [0.4, 0.5) is 17.6 Å². The van der Waals surface area contributed by atoms with Crippen LogP contribution < -0.4 is 5.32 Å². The van der Waals surface area contributed by atoms with Crippen LogP contribution in [0.1, 0.15) is 29.8 Å². The third kappa shape index (κ3) is 3.24. The minimum atomic E-state index is -4.72. The zero-order valence-corrected chi connectivity index (χ0v) is 11.6. The number of nitrogens with zero attached hydrogens (tertiary/aromatic N) is 2. The van der Waals surface area contributed by atoms with Gasteiger partial charge in [-0.05, 0) is 30.3 Å². The first-order valence-electron chi connectivity index (χ1n) is 6.42. The molecule has 0 aliphatic rings. The van der Waals surface area contributed by atoms with Crippen LogP contribution >= 0.6 is 0 Å². The molecule has 3 nitrogen and oxygen atoms in total. The number of hydrogen-bond donors (Lipinski definition) is 1. The third-order valence-electron chi connectivity index (χ3n) is 3.19. The van der Waals surface area contributed by atoms with Gasteiger partial charge in [0, 0.05) is 13.2 Å². The van der Waals surface area contributed by atoms with Gasteiger partial charge in [-0.3, -0.25) is 4.68 Å². The van der Waals surface area contributed by atoms with E-state index in [4.69, 9.17) is 0 Å². The zero-order valence-electron chi connectivity index (χ0n) is 11.6. The summed E-state index contributed by atoms with van der Waals surface area (Å²) < 4.78 is 53.4. The minimum Gasteiger partial charge on any atom is -0.305 e. The Morgan fingerprint density at radius 1 is 1.29 bits per heavy atom. The van der Waals surface area contributed by atoms with Crippen molar-refractivity contribution in [3.05, 3.63) is 53.1 Å². The summed E-state index contributed by atoms with van der Waals surface area (Å²) in [6.45, 7) is 2.39. The Balaban J connectivity index is 2.49. The van der Waals surface area contributed by atoms with E-state index < -0.39 is 23.6 Å². The van der Waals surface area contributed by atoms with Crippen molar-refractivity contribution < 1.29 is 17.6 Å². The first-order chi connectivity index (χ1) is 9.84. The Morgan fingerprint density at radius 2 is 2.00 bits per heavy atom. The molecule has 1 heterocycles. The highest BCUT2D eigenvalue weighted by molar-refractivity contribution is 5.33. The maximum atomic E-state index is 13.4. The van der Waals surface area contributed by atoms with E-state index >= 15 is 0 Å². The molecule has 21 heavy (non-hydrogen) atoms. The van der Waals surface area contributed by atoms with E-state index in [1.54, 1.807) is 24.0 Å². The van der Waals surface area contributed by atoms with Gasteiger partial charge in [0.25, 0.3) is 0 Å². The van der Waals surface area contributed by atoms with Gasteiger partial charge in [0.05, 0.1) is 17.3 Å². The summed E-state index contributed by atoms with van der Waals surface area (Å²) in [6, 6.07) is 4.27. The lowest BCUT2D eigenvalue weighted by Crippen LogP contribution is -2.25. The second-order valence-corrected chi connectivity index (χ2v) is 4.61. The number of benzene rings is 1. The maximum absolute atomic E-state index is 13.4. The van der Waals surface area contributed by atoms with Crippen LogP contribution in [0.15, 0.2) is 30.5 Å². The van der Waals surface area contributed by atoms with Crippen molar-refractivity contribution in [3.8, 4) is 0 Å². The van der Waals surface area contributed by atoms with E-state index in [9.17, 15) is 17.6 Å². The van der Waals surface area contributed by atoms with Crippen LogP contribution in [-0.2, 0) is 13.2 Å². The van der Waals surface area contributed by atoms with Crippen molar-refractivity contribution in [2.24, 2.45) is 7.05 Å². The summed E-state index contributed by atoms with van der Waals surface area (Å²) in [4.78, 5) is 0. The lowest BCUT2D eigenvalue weighted by atomic mass is 10.0. The second-order valence-electron chi connectivity index (χ2n) is 4.61. The van der Waals surface area contributed by atoms with Gasteiger partial charge in [-0.25, -0.2) is 4.39 Å². The van der Waals surface area contributed by atoms with Gasteiger partial charge >= 0.3 is 6.18 Å². The summed E-state index contributed by atoms with van der Waals surface area (Å²) in [7, 11) is 1.70. The molecule has 0 bridgehead atoms. The average molecular weight is 301 g/mol. The molecule has 1 aromatic carbocycles. The van der Waals surface area contributed by atoms with Crippen LogP contribution in [0.2, 0.25) is 0 Å². The number of nitrogens with one attached hydrogen (secondary N) is 1. The van der Waals surface area contributed by atoms with Crippen LogP contribution in [0, 0.1) is 5.82 Å². The Hall–Kier alpha value is -1.89. The normalized spacial score (nSPS) is 13.4. The van der Waals surface area contributed by atoms with Crippen LogP contribution in [0.25, 0.3) is 0 Å². The number of aryl methyl sites for hydroxylation is 1. The molecular formula is C14H15F4N3. The molecule has 7 heteroatoms. The predicted octanol–water partition coefficient (Wildman–Crippen LogP) is 3.28. The number of alkyl halides is 3. The SMILES string of the molecule is CCNC(c1ccc(F)c(C(F)(F)F)c1)c1ccnn1C. The molecule has 0 saturated carbocycles. The zero-order chi connectivity index (χ0) is 15.6. The molecule has 114 valence electrons. The Kier molecular flexibility index (Phi) is 4.32. The van der Waals surface area contributed by atoms with Gasteiger partial charge in [0.15, 0.2) is 0 Å². The maximum Gasteiger partial charge on any atom is 0.419 e. The quantitative estimate of drug-likeness (QED) is 0.878. The van der Waals surface area contributed by atoms with Crippen molar-refractivity contribution in [2.75, 3.05) is 6.54 Å². The molecule has 0 saturated heterocycles. The molecule has 2 rings (SSSR count). The number of rotatable bonds is 4. The molecule has 2 aromatic rings. The summed E-state index contributed by atoms with van der Waals surface area (Å²) in [5.74, 6) is -1.27. The monoisotopic (exact) mass is 301 g/mol. The molecule has 1 N–H and O–H groups in total. The second kappa shape index (κ2) is 5.85. The lowest BCUT2D eigenvalue weighted by Gasteiger charge is -2.20. The summed E-state index contributed by atoms with van der Waals surface area (Å²) in [5, 5.41) is 7.10. The highest BCUT2D eigenvalue weighted by atomic mass is 19.4. The first kappa shape index (κ1) is 15.5. The molecule has 0 radical (unpaired) electrons. The first-order valence-corrected chi connectivity index (χ1v) is 6.42. The summed E-state index contributed by atoms with van der Waals surface area (Å²) in [5.41, 5.74) is -0.212. The minimum absolute atomic E-state index is 0.342. The van der Waals surface area contributed by atoms with E-state index in [1.165, 1.54) is 6.07 Å².